The van der Waals surface area contributed by atoms with Gasteiger partial charge in [0, 0.05) is 25.6 Å². The van der Waals surface area contributed by atoms with Crippen LogP contribution in [0, 0.1) is 0 Å². The van der Waals surface area contributed by atoms with Crippen LogP contribution in [0.3, 0.4) is 0 Å². The first-order valence-electron chi connectivity index (χ1n) is 8.48. The summed E-state index contributed by atoms with van der Waals surface area (Å²) < 4.78 is 2.31. The smallest absolute Gasteiger partial charge is 0.114 e. The minimum absolute atomic E-state index is 0.615. The van der Waals surface area contributed by atoms with Gasteiger partial charge >= 0.3 is 0 Å². The van der Waals surface area contributed by atoms with E-state index in [1.807, 2.05) is 0 Å². The Kier molecular flexibility index (Phi) is 3.46. The molecule has 2 fully saturated rings. The van der Waals surface area contributed by atoms with Gasteiger partial charge in [-0.1, -0.05) is 31.4 Å². The molecule has 4 rings (SSSR count). The molecule has 1 aliphatic heterocycles. The molecule has 1 aliphatic carbocycles. The highest BCUT2D eigenvalue weighted by atomic mass is 15.2. The number of hydrogen-bond acceptors (Lipinski definition) is 2. The number of aromatic nitrogens is 2. The van der Waals surface area contributed by atoms with E-state index in [2.05, 4.69) is 40.8 Å². The van der Waals surface area contributed by atoms with Crippen molar-refractivity contribution >= 4 is 11.0 Å². The molecule has 112 valence electrons. The summed E-state index contributed by atoms with van der Waals surface area (Å²) >= 11 is 0. The minimum atomic E-state index is 0.615. The molecule has 0 N–H and O–H groups in total. The average molecular weight is 283 g/mol. The zero-order valence-electron chi connectivity index (χ0n) is 13.0. The molecular formula is C18H25N3. The maximum absolute atomic E-state index is 4.91. The number of rotatable bonds is 2. The van der Waals surface area contributed by atoms with Crippen LogP contribution >= 0.6 is 0 Å². The van der Waals surface area contributed by atoms with E-state index in [0.29, 0.717) is 5.92 Å². The summed E-state index contributed by atoms with van der Waals surface area (Å²) in [6.07, 6.45) is 8.40. The van der Waals surface area contributed by atoms with Crippen LogP contribution in [0.2, 0.25) is 0 Å². The lowest BCUT2D eigenvalue weighted by atomic mass is 9.94. The number of hydrogen-bond donors (Lipinski definition) is 0. The molecule has 1 aromatic carbocycles. The van der Waals surface area contributed by atoms with Crippen LogP contribution in [-0.4, -0.2) is 33.6 Å². The van der Waals surface area contributed by atoms with E-state index in [1.54, 1.807) is 0 Å². The van der Waals surface area contributed by atoms with Gasteiger partial charge in [0.25, 0.3) is 0 Å². The van der Waals surface area contributed by atoms with Gasteiger partial charge in [0.2, 0.25) is 0 Å². The Balaban J connectivity index is 1.55. The number of nitrogens with zero attached hydrogens (tertiary/aromatic N) is 3. The topological polar surface area (TPSA) is 21.1 Å². The van der Waals surface area contributed by atoms with Crippen molar-refractivity contribution in [3.05, 3.63) is 30.1 Å². The second-order valence-electron chi connectivity index (χ2n) is 6.79. The van der Waals surface area contributed by atoms with Crippen LogP contribution in [0.4, 0.5) is 0 Å². The molecule has 0 bridgehead atoms. The Morgan fingerprint density at radius 1 is 1.05 bits per heavy atom. The number of likely N-dealkylation sites (tertiary alicyclic amines) is 1. The van der Waals surface area contributed by atoms with E-state index in [-0.39, 0.29) is 0 Å². The predicted molar refractivity (Wildman–Crippen MR) is 86.5 cm³/mol. The Hall–Kier alpha value is -1.35. The van der Waals surface area contributed by atoms with Gasteiger partial charge in [-0.2, -0.15) is 0 Å². The van der Waals surface area contributed by atoms with Crippen molar-refractivity contribution in [1.82, 2.24) is 14.5 Å². The Labute approximate surface area is 127 Å². The molecule has 2 heterocycles. The van der Waals surface area contributed by atoms with E-state index >= 15 is 0 Å². The molecule has 0 radical (unpaired) electrons. The largest absolute Gasteiger partial charge is 0.331 e. The minimum Gasteiger partial charge on any atom is -0.331 e. The Bertz CT molecular complexity index is 624. The molecule has 3 nitrogen and oxygen atoms in total. The molecule has 21 heavy (non-hydrogen) atoms. The summed E-state index contributed by atoms with van der Waals surface area (Å²) in [6, 6.07) is 9.35. The summed E-state index contributed by atoms with van der Waals surface area (Å²) in [6.45, 7) is 2.47. The van der Waals surface area contributed by atoms with Gasteiger partial charge in [-0.3, -0.25) is 4.90 Å². The fraction of sp³-hybridized carbons (Fsp3) is 0.611. The number of fused-ring (bicyclic) bond motifs is 1. The summed E-state index contributed by atoms with van der Waals surface area (Å²) in [5, 5.41) is 0. The van der Waals surface area contributed by atoms with Crippen molar-refractivity contribution in [2.24, 2.45) is 7.05 Å². The zero-order chi connectivity index (χ0) is 14.2. The van der Waals surface area contributed by atoms with Crippen LogP contribution in [0.5, 0.6) is 0 Å². The number of imidazole rings is 1. The van der Waals surface area contributed by atoms with Crippen LogP contribution in [0.15, 0.2) is 24.3 Å². The molecule has 0 amide bonds. The van der Waals surface area contributed by atoms with Crippen molar-refractivity contribution in [2.45, 2.75) is 50.5 Å². The quantitative estimate of drug-likeness (QED) is 0.838. The molecular weight excluding hydrogens is 258 g/mol. The monoisotopic (exact) mass is 283 g/mol. The maximum Gasteiger partial charge on any atom is 0.114 e. The van der Waals surface area contributed by atoms with E-state index in [0.717, 1.165) is 11.6 Å². The standard InChI is InChI=1S/C18H25N3/c1-20-17-10-6-5-9-16(17)19-18(20)14-11-12-21(13-14)15-7-3-2-4-8-15/h5-6,9-10,14-15H,2-4,7-8,11-13H2,1H3/t14-/m0/s1. The van der Waals surface area contributed by atoms with E-state index in [1.165, 1.54) is 63.0 Å². The van der Waals surface area contributed by atoms with E-state index in [4.69, 9.17) is 4.98 Å². The van der Waals surface area contributed by atoms with Gasteiger partial charge in [-0.05, 0) is 37.9 Å². The highest BCUT2D eigenvalue weighted by Crippen LogP contribution is 2.33. The third-order valence-electron chi connectivity index (χ3n) is 5.50. The molecule has 1 aromatic heterocycles. The van der Waals surface area contributed by atoms with E-state index in [9.17, 15) is 0 Å². The molecule has 1 atom stereocenters. The molecule has 0 spiro atoms. The molecule has 1 saturated heterocycles. The van der Waals surface area contributed by atoms with Crippen LogP contribution in [0.1, 0.15) is 50.3 Å². The van der Waals surface area contributed by atoms with Gasteiger partial charge in [0.15, 0.2) is 0 Å². The number of para-hydroxylation sites is 2. The first kappa shape index (κ1) is 13.3. The van der Waals surface area contributed by atoms with Crippen molar-refractivity contribution in [3.63, 3.8) is 0 Å². The number of aryl methyl sites for hydroxylation is 1. The van der Waals surface area contributed by atoms with Crippen LogP contribution < -0.4 is 0 Å². The molecule has 1 saturated carbocycles. The van der Waals surface area contributed by atoms with Crippen LogP contribution in [0.25, 0.3) is 11.0 Å². The summed E-state index contributed by atoms with van der Waals surface area (Å²) in [7, 11) is 2.17. The highest BCUT2D eigenvalue weighted by Gasteiger charge is 2.32. The average Bonchev–Trinajstić information content (AvgIpc) is 3.14. The second-order valence-corrected chi connectivity index (χ2v) is 6.79. The van der Waals surface area contributed by atoms with Gasteiger partial charge in [0.05, 0.1) is 11.0 Å². The molecule has 2 aromatic rings. The normalized spacial score (nSPS) is 24.9. The van der Waals surface area contributed by atoms with Crippen LogP contribution in [-0.2, 0) is 7.05 Å². The second kappa shape index (κ2) is 5.45. The zero-order valence-corrected chi connectivity index (χ0v) is 13.0. The Morgan fingerprint density at radius 3 is 2.67 bits per heavy atom. The predicted octanol–water partition coefficient (Wildman–Crippen LogP) is 3.70. The van der Waals surface area contributed by atoms with Gasteiger partial charge in [-0.25, -0.2) is 4.98 Å². The molecule has 3 heteroatoms. The van der Waals surface area contributed by atoms with Crippen molar-refractivity contribution in [1.29, 1.82) is 0 Å². The first-order chi connectivity index (χ1) is 10.3. The summed E-state index contributed by atoms with van der Waals surface area (Å²) in [4.78, 5) is 7.65. The SMILES string of the molecule is Cn1c([C@H]2CCN(C3CCCCC3)C2)nc2ccccc21. The fourth-order valence-corrected chi connectivity index (χ4v) is 4.31. The summed E-state index contributed by atoms with van der Waals surface area (Å²) in [5.41, 5.74) is 2.41. The van der Waals surface area contributed by atoms with Crippen molar-refractivity contribution in [3.8, 4) is 0 Å². The third kappa shape index (κ3) is 2.38. The lowest BCUT2D eigenvalue weighted by Gasteiger charge is -2.31. The lowest BCUT2D eigenvalue weighted by molar-refractivity contribution is 0.189. The van der Waals surface area contributed by atoms with Gasteiger partial charge in [0.1, 0.15) is 5.82 Å². The fourth-order valence-electron chi connectivity index (χ4n) is 4.31. The van der Waals surface area contributed by atoms with Crippen molar-refractivity contribution in [2.75, 3.05) is 13.1 Å². The molecule has 2 aliphatic rings. The Morgan fingerprint density at radius 2 is 1.86 bits per heavy atom. The summed E-state index contributed by atoms with van der Waals surface area (Å²) in [5.74, 6) is 1.90. The highest BCUT2D eigenvalue weighted by molar-refractivity contribution is 5.75. The van der Waals surface area contributed by atoms with Gasteiger partial charge in [-0.15, -0.1) is 0 Å². The molecule has 0 unspecified atom stereocenters. The first-order valence-corrected chi connectivity index (χ1v) is 8.48. The third-order valence-corrected chi connectivity index (χ3v) is 5.50. The lowest BCUT2D eigenvalue weighted by Crippen LogP contribution is -2.34. The van der Waals surface area contributed by atoms with Gasteiger partial charge < -0.3 is 4.57 Å². The number of benzene rings is 1. The van der Waals surface area contributed by atoms with Crippen molar-refractivity contribution < 1.29 is 0 Å². The maximum atomic E-state index is 4.91. The van der Waals surface area contributed by atoms with E-state index < -0.39 is 0 Å².